The maximum absolute atomic E-state index is 10.7. The average Bonchev–Trinajstić information content (AvgIpc) is 2.55. The number of carbonyl (C=O) groups is 1. The quantitative estimate of drug-likeness (QED) is 0.806. The highest BCUT2D eigenvalue weighted by Crippen LogP contribution is 2.24. The molecule has 4 nitrogen and oxygen atoms in total. The second-order valence-electron chi connectivity index (χ2n) is 5.19. The van der Waals surface area contributed by atoms with Crippen LogP contribution in [0.4, 0.5) is 5.69 Å². The number of anilines is 1. The van der Waals surface area contributed by atoms with Crippen LogP contribution < -0.4 is 5.32 Å². The van der Waals surface area contributed by atoms with Crippen LogP contribution >= 0.6 is 0 Å². The predicted molar refractivity (Wildman–Crippen MR) is 70.9 cm³/mol. The van der Waals surface area contributed by atoms with Crippen LogP contribution in [0.1, 0.15) is 49.5 Å². The van der Waals surface area contributed by atoms with Crippen molar-refractivity contribution in [2.24, 2.45) is 5.92 Å². The van der Waals surface area contributed by atoms with Crippen molar-refractivity contribution in [1.82, 2.24) is 4.98 Å². The van der Waals surface area contributed by atoms with E-state index in [-0.39, 0.29) is 5.69 Å². The Balaban J connectivity index is 1.94. The Hall–Kier alpha value is -1.58. The highest BCUT2D eigenvalue weighted by molar-refractivity contribution is 5.85. The van der Waals surface area contributed by atoms with E-state index in [0.717, 1.165) is 11.6 Å². The summed E-state index contributed by atoms with van der Waals surface area (Å²) in [6.07, 6.45) is 7.82. The van der Waals surface area contributed by atoms with Gasteiger partial charge in [-0.2, -0.15) is 0 Å². The van der Waals surface area contributed by atoms with E-state index < -0.39 is 5.97 Å². The summed E-state index contributed by atoms with van der Waals surface area (Å²) in [5.74, 6) is -0.158. The number of aromatic carboxylic acids is 1. The van der Waals surface area contributed by atoms with Crippen LogP contribution in [-0.4, -0.2) is 22.1 Å². The average molecular weight is 248 g/mol. The molecule has 1 aliphatic carbocycles. The fourth-order valence-corrected chi connectivity index (χ4v) is 2.47. The van der Waals surface area contributed by atoms with Crippen LogP contribution in [0.15, 0.2) is 18.3 Å². The van der Waals surface area contributed by atoms with Crippen LogP contribution in [0.2, 0.25) is 0 Å². The first-order valence-corrected chi connectivity index (χ1v) is 6.61. The maximum Gasteiger partial charge on any atom is 0.354 e. The Bertz CT molecular complexity index is 403. The predicted octanol–water partition coefficient (Wildman–Crippen LogP) is 3.16. The number of hydrogen-bond donors (Lipinski definition) is 2. The first-order valence-electron chi connectivity index (χ1n) is 6.61. The number of nitrogens with zero attached hydrogens (tertiary/aromatic N) is 1. The van der Waals surface area contributed by atoms with Crippen LogP contribution in [0.5, 0.6) is 0 Å². The first-order chi connectivity index (χ1) is 8.65. The number of pyridine rings is 1. The van der Waals surface area contributed by atoms with Crippen LogP contribution in [0.25, 0.3) is 0 Å². The lowest BCUT2D eigenvalue weighted by molar-refractivity contribution is 0.0690. The SMILES string of the molecule is CC1CCCC(Nc2ccc(C(=O)O)nc2)CC1. The smallest absolute Gasteiger partial charge is 0.354 e. The summed E-state index contributed by atoms with van der Waals surface area (Å²) in [5.41, 5.74) is 1.01. The molecule has 18 heavy (non-hydrogen) atoms. The number of carboxylic acids is 1. The summed E-state index contributed by atoms with van der Waals surface area (Å²) < 4.78 is 0. The van der Waals surface area contributed by atoms with Crippen molar-refractivity contribution in [3.8, 4) is 0 Å². The molecule has 0 spiro atoms. The fourth-order valence-electron chi connectivity index (χ4n) is 2.47. The molecule has 1 saturated carbocycles. The van der Waals surface area contributed by atoms with Crippen molar-refractivity contribution >= 4 is 11.7 Å². The van der Waals surface area contributed by atoms with Gasteiger partial charge in [0.15, 0.2) is 0 Å². The molecular weight excluding hydrogens is 228 g/mol. The van der Waals surface area contributed by atoms with Gasteiger partial charge < -0.3 is 10.4 Å². The molecule has 0 bridgehead atoms. The minimum Gasteiger partial charge on any atom is -0.477 e. The molecule has 0 amide bonds. The third-order valence-corrected chi connectivity index (χ3v) is 3.61. The summed E-state index contributed by atoms with van der Waals surface area (Å²) in [4.78, 5) is 14.6. The number of carboxylic acid groups (broad SMARTS) is 1. The zero-order valence-electron chi connectivity index (χ0n) is 10.7. The molecule has 0 aromatic carbocycles. The molecular formula is C14H20N2O2. The van der Waals surface area contributed by atoms with Crippen molar-refractivity contribution in [2.75, 3.05) is 5.32 Å². The third kappa shape index (κ3) is 3.45. The molecule has 1 aliphatic rings. The summed E-state index contributed by atoms with van der Waals surface area (Å²) in [5, 5.41) is 12.2. The van der Waals surface area contributed by atoms with Gasteiger partial charge in [-0.15, -0.1) is 0 Å². The molecule has 2 N–H and O–H groups in total. The third-order valence-electron chi connectivity index (χ3n) is 3.61. The van der Waals surface area contributed by atoms with E-state index in [1.165, 1.54) is 32.1 Å². The molecule has 98 valence electrons. The summed E-state index contributed by atoms with van der Waals surface area (Å²) >= 11 is 0. The van der Waals surface area contributed by atoms with E-state index >= 15 is 0 Å². The summed E-state index contributed by atoms with van der Waals surface area (Å²) in [6, 6.07) is 3.84. The molecule has 2 rings (SSSR count). The van der Waals surface area contributed by atoms with Crippen LogP contribution in [-0.2, 0) is 0 Å². The zero-order chi connectivity index (χ0) is 13.0. The highest BCUT2D eigenvalue weighted by atomic mass is 16.4. The van der Waals surface area contributed by atoms with Gasteiger partial charge in [0.25, 0.3) is 0 Å². The molecule has 0 aliphatic heterocycles. The maximum atomic E-state index is 10.7. The van der Waals surface area contributed by atoms with E-state index in [1.807, 2.05) is 0 Å². The Morgan fingerprint density at radius 2 is 2.17 bits per heavy atom. The molecule has 1 fully saturated rings. The normalized spacial score (nSPS) is 24.3. The number of rotatable bonds is 3. The van der Waals surface area contributed by atoms with Crippen molar-refractivity contribution in [3.63, 3.8) is 0 Å². The fraction of sp³-hybridized carbons (Fsp3) is 0.571. The van der Waals surface area contributed by atoms with Crippen molar-refractivity contribution in [1.29, 1.82) is 0 Å². The first kappa shape index (κ1) is 12.9. The van der Waals surface area contributed by atoms with Crippen molar-refractivity contribution in [2.45, 2.75) is 45.1 Å². The molecule has 1 aromatic heterocycles. The molecule has 0 radical (unpaired) electrons. The lowest BCUT2D eigenvalue weighted by Gasteiger charge is -2.17. The van der Waals surface area contributed by atoms with Gasteiger partial charge in [-0.25, -0.2) is 9.78 Å². The van der Waals surface area contributed by atoms with E-state index in [9.17, 15) is 4.79 Å². The molecule has 1 heterocycles. The lowest BCUT2D eigenvalue weighted by atomic mass is 10.0. The van der Waals surface area contributed by atoms with Crippen molar-refractivity contribution < 1.29 is 9.90 Å². The second-order valence-corrected chi connectivity index (χ2v) is 5.19. The molecule has 0 saturated heterocycles. The van der Waals surface area contributed by atoms with Gasteiger partial charge in [-0.1, -0.05) is 19.8 Å². The minimum atomic E-state index is -0.982. The Kier molecular flexibility index (Phi) is 4.18. The van der Waals surface area contributed by atoms with E-state index in [4.69, 9.17) is 5.11 Å². The second kappa shape index (κ2) is 5.85. The molecule has 2 unspecified atom stereocenters. The largest absolute Gasteiger partial charge is 0.477 e. The van der Waals surface area contributed by atoms with Gasteiger partial charge in [-0.05, 0) is 37.3 Å². The van der Waals surface area contributed by atoms with Crippen LogP contribution in [0.3, 0.4) is 0 Å². The summed E-state index contributed by atoms with van der Waals surface area (Å²) in [7, 11) is 0. The van der Waals surface area contributed by atoms with Gasteiger partial charge in [0.05, 0.1) is 11.9 Å². The molecule has 1 aromatic rings. The Morgan fingerprint density at radius 1 is 1.33 bits per heavy atom. The van der Waals surface area contributed by atoms with Crippen molar-refractivity contribution in [3.05, 3.63) is 24.0 Å². The number of nitrogens with one attached hydrogen (secondary N) is 1. The van der Waals surface area contributed by atoms with E-state index in [1.54, 1.807) is 18.3 Å². The molecule has 2 atom stereocenters. The van der Waals surface area contributed by atoms with Gasteiger partial charge in [0.2, 0.25) is 0 Å². The van der Waals surface area contributed by atoms with Gasteiger partial charge in [0.1, 0.15) is 5.69 Å². The number of hydrogen-bond acceptors (Lipinski definition) is 3. The lowest BCUT2D eigenvalue weighted by Crippen LogP contribution is -2.18. The highest BCUT2D eigenvalue weighted by Gasteiger charge is 2.16. The molecule has 4 heteroatoms. The van der Waals surface area contributed by atoms with E-state index in [0.29, 0.717) is 6.04 Å². The monoisotopic (exact) mass is 248 g/mol. The summed E-state index contributed by atoms with van der Waals surface area (Å²) in [6.45, 7) is 2.31. The Labute approximate surface area is 107 Å². The van der Waals surface area contributed by atoms with E-state index in [2.05, 4.69) is 17.2 Å². The van der Waals surface area contributed by atoms with Gasteiger partial charge >= 0.3 is 5.97 Å². The van der Waals surface area contributed by atoms with Gasteiger partial charge in [0, 0.05) is 6.04 Å². The van der Waals surface area contributed by atoms with Crippen LogP contribution in [0, 0.1) is 5.92 Å². The standard InChI is InChI=1S/C14H20N2O2/c1-10-3-2-4-11(6-5-10)16-12-7-8-13(14(17)18)15-9-12/h7-11,16H,2-6H2,1H3,(H,17,18). The number of aromatic nitrogens is 1. The minimum absolute atomic E-state index is 0.0926. The topological polar surface area (TPSA) is 62.2 Å². The zero-order valence-corrected chi connectivity index (χ0v) is 10.7. The van der Waals surface area contributed by atoms with Gasteiger partial charge in [-0.3, -0.25) is 0 Å². The Morgan fingerprint density at radius 3 is 2.83 bits per heavy atom.